The molecule has 0 saturated heterocycles. The van der Waals surface area contributed by atoms with Crippen molar-refractivity contribution in [1.82, 2.24) is 10.3 Å². The van der Waals surface area contributed by atoms with Crippen LogP contribution in [0.2, 0.25) is 0 Å². The molecule has 1 aromatic heterocycles. The minimum Gasteiger partial charge on any atom is -0.497 e. The largest absolute Gasteiger partial charge is 0.497 e. The summed E-state index contributed by atoms with van der Waals surface area (Å²) in [6.45, 7) is 0. The first kappa shape index (κ1) is 21.4. The summed E-state index contributed by atoms with van der Waals surface area (Å²) in [6, 6.07) is 12.7. The van der Waals surface area contributed by atoms with E-state index in [4.69, 9.17) is 9.47 Å². The second-order valence-electron chi connectivity index (χ2n) is 6.50. The molecule has 0 aliphatic rings. The number of esters is 1. The Morgan fingerprint density at radius 1 is 1.17 bits per heavy atom. The number of carbonyl (C=O) groups excluding carboxylic acids is 2. The van der Waals surface area contributed by atoms with Crippen molar-refractivity contribution >= 4 is 23.2 Å². The number of hydrogen-bond acceptors (Lipinski definition) is 6. The molecule has 0 bridgehead atoms. The second-order valence-corrected chi connectivity index (χ2v) is 7.36. The maximum absolute atomic E-state index is 13.4. The maximum Gasteiger partial charge on any atom is 0.307 e. The quantitative estimate of drug-likeness (QED) is 0.550. The Morgan fingerprint density at radius 3 is 2.60 bits per heavy atom. The number of benzene rings is 2. The van der Waals surface area contributed by atoms with Crippen LogP contribution >= 0.6 is 11.3 Å². The third-order valence-corrected chi connectivity index (χ3v) is 5.36. The van der Waals surface area contributed by atoms with Gasteiger partial charge in [-0.15, -0.1) is 11.3 Å². The third kappa shape index (κ3) is 5.64. The molecule has 1 atom stereocenters. The number of halogens is 1. The molecule has 0 spiro atoms. The number of carbonyl (C=O) groups is 2. The Hall–Kier alpha value is -3.26. The lowest BCUT2D eigenvalue weighted by Gasteiger charge is -2.18. The van der Waals surface area contributed by atoms with Gasteiger partial charge < -0.3 is 14.8 Å². The molecule has 2 aromatic carbocycles. The van der Waals surface area contributed by atoms with Crippen LogP contribution in [0.3, 0.4) is 0 Å². The summed E-state index contributed by atoms with van der Waals surface area (Å²) in [5, 5.41) is 5.27. The van der Waals surface area contributed by atoms with E-state index in [1.165, 1.54) is 30.6 Å². The van der Waals surface area contributed by atoms with Crippen LogP contribution in [0.5, 0.6) is 5.75 Å². The molecule has 1 unspecified atom stereocenters. The smallest absolute Gasteiger partial charge is 0.307 e. The number of ether oxygens (including phenoxy) is 2. The molecule has 0 saturated carbocycles. The van der Waals surface area contributed by atoms with Gasteiger partial charge in [0.1, 0.15) is 16.6 Å². The van der Waals surface area contributed by atoms with E-state index in [-0.39, 0.29) is 24.6 Å². The monoisotopic (exact) mass is 428 g/mol. The predicted molar refractivity (Wildman–Crippen MR) is 112 cm³/mol. The van der Waals surface area contributed by atoms with Gasteiger partial charge in [0.25, 0.3) is 0 Å². The van der Waals surface area contributed by atoms with Crippen LogP contribution in [-0.2, 0) is 20.7 Å². The molecule has 6 nitrogen and oxygen atoms in total. The van der Waals surface area contributed by atoms with Crippen molar-refractivity contribution in [3.8, 4) is 16.3 Å². The molecule has 30 heavy (non-hydrogen) atoms. The summed E-state index contributed by atoms with van der Waals surface area (Å²) in [4.78, 5) is 28.8. The fraction of sp³-hybridized carbons (Fsp3) is 0.227. The normalized spacial score (nSPS) is 11.6. The lowest BCUT2D eigenvalue weighted by molar-refractivity contribution is -0.141. The second kappa shape index (κ2) is 9.98. The summed E-state index contributed by atoms with van der Waals surface area (Å²) >= 11 is 1.34. The molecule has 3 rings (SSSR count). The summed E-state index contributed by atoms with van der Waals surface area (Å²) < 4.78 is 23.3. The van der Waals surface area contributed by atoms with Gasteiger partial charge in [0, 0.05) is 10.9 Å². The Labute approximate surface area is 177 Å². The number of nitrogens with zero attached hydrogens (tertiary/aromatic N) is 1. The van der Waals surface area contributed by atoms with E-state index in [0.29, 0.717) is 22.0 Å². The van der Waals surface area contributed by atoms with Crippen LogP contribution in [-0.4, -0.2) is 31.1 Å². The highest BCUT2D eigenvalue weighted by atomic mass is 32.1. The molecule has 156 valence electrons. The average Bonchev–Trinajstić information content (AvgIpc) is 3.21. The average molecular weight is 428 g/mol. The third-order valence-electron chi connectivity index (χ3n) is 4.42. The van der Waals surface area contributed by atoms with Gasteiger partial charge in [-0.1, -0.05) is 24.3 Å². The van der Waals surface area contributed by atoms with E-state index >= 15 is 0 Å². The zero-order chi connectivity index (χ0) is 21.5. The van der Waals surface area contributed by atoms with Gasteiger partial charge in [-0.2, -0.15) is 0 Å². The predicted octanol–water partition coefficient (Wildman–Crippen LogP) is 3.92. The zero-order valence-electron chi connectivity index (χ0n) is 16.6. The van der Waals surface area contributed by atoms with Crippen LogP contribution in [0, 0.1) is 5.82 Å². The van der Waals surface area contributed by atoms with Crippen LogP contribution in [0.25, 0.3) is 10.6 Å². The number of amides is 1. The molecule has 1 amide bonds. The van der Waals surface area contributed by atoms with Crippen LogP contribution in [0.1, 0.15) is 23.7 Å². The van der Waals surface area contributed by atoms with E-state index in [2.05, 4.69) is 10.3 Å². The number of thiazole rings is 1. The molecule has 0 fully saturated rings. The molecular weight excluding hydrogens is 407 g/mol. The number of nitrogens with one attached hydrogen (secondary N) is 1. The first-order valence-corrected chi connectivity index (χ1v) is 10.1. The molecule has 0 radical (unpaired) electrons. The van der Waals surface area contributed by atoms with Gasteiger partial charge in [0.05, 0.1) is 38.8 Å². The van der Waals surface area contributed by atoms with Crippen LogP contribution < -0.4 is 10.1 Å². The van der Waals surface area contributed by atoms with Crippen molar-refractivity contribution in [2.24, 2.45) is 0 Å². The Kier molecular flexibility index (Phi) is 7.13. The highest BCUT2D eigenvalue weighted by Crippen LogP contribution is 2.25. The molecule has 1 heterocycles. The topological polar surface area (TPSA) is 77.5 Å². The van der Waals surface area contributed by atoms with Crippen molar-refractivity contribution < 1.29 is 23.5 Å². The highest BCUT2D eigenvalue weighted by molar-refractivity contribution is 7.13. The van der Waals surface area contributed by atoms with Crippen LogP contribution in [0.15, 0.2) is 53.9 Å². The SMILES string of the molecule is COC(=O)CC(NC(=O)Cc1csc(-c2cccc(F)c2)n1)c1ccc(OC)cc1. The summed E-state index contributed by atoms with van der Waals surface area (Å²) in [6.07, 6.45) is 0.0415. The van der Waals surface area contributed by atoms with E-state index in [1.807, 2.05) is 0 Å². The van der Waals surface area contributed by atoms with Gasteiger partial charge in [-0.3, -0.25) is 9.59 Å². The first-order chi connectivity index (χ1) is 14.5. The van der Waals surface area contributed by atoms with Gasteiger partial charge in [0.2, 0.25) is 5.91 Å². The minimum absolute atomic E-state index is 0.000175. The Morgan fingerprint density at radius 2 is 1.93 bits per heavy atom. The van der Waals surface area contributed by atoms with E-state index in [9.17, 15) is 14.0 Å². The van der Waals surface area contributed by atoms with E-state index in [0.717, 1.165) is 5.56 Å². The minimum atomic E-state index is -0.544. The molecular formula is C22H21FN2O4S. The van der Waals surface area contributed by atoms with Crippen LogP contribution in [0.4, 0.5) is 4.39 Å². The highest BCUT2D eigenvalue weighted by Gasteiger charge is 2.20. The maximum atomic E-state index is 13.4. The van der Waals surface area contributed by atoms with Crippen molar-refractivity contribution in [3.63, 3.8) is 0 Å². The summed E-state index contributed by atoms with van der Waals surface area (Å²) in [5.41, 5.74) is 1.99. The zero-order valence-corrected chi connectivity index (χ0v) is 17.4. The van der Waals surface area contributed by atoms with Gasteiger partial charge >= 0.3 is 5.97 Å². The fourth-order valence-corrected chi connectivity index (χ4v) is 3.71. The number of rotatable bonds is 8. The van der Waals surface area contributed by atoms with Gasteiger partial charge in [-0.25, -0.2) is 9.37 Å². The fourth-order valence-electron chi connectivity index (χ4n) is 2.89. The van der Waals surface area contributed by atoms with Crippen molar-refractivity contribution in [3.05, 3.63) is 71.0 Å². The van der Waals surface area contributed by atoms with Gasteiger partial charge in [-0.05, 0) is 29.8 Å². The number of hydrogen-bond donors (Lipinski definition) is 1. The van der Waals surface area contributed by atoms with E-state index in [1.54, 1.807) is 48.9 Å². The first-order valence-electron chi connectivity index (χ1n) is 9.19. The lowest BCUT2D eigenvalue weighted by Crippen LogP contribution is -2.31. The molecule has 1 N–H and O–H groups in total. The number of aromatic nitrogens is 1. The molecule has 0 aliphatic heterocycles. The Balaban J connectivity index is 1.70. The molecule has 3 aromatic rings. The van der Waals surface area contributed by atoms with Gasteiger partial charge in [0.15, 0.2) is 0 Å². The lowest BCUT2D eigenvalue weighted by atomic mass is 10.0. The van der Waals surface area contributed by atoms with E-state index < -0.39 is 12.0 Å². The summed E-state index contributed by atoms with van der Waals surface area (Å²) in [7, 11) is 2.87. The standard InChI is InChI=1S/C22H21FN2O4S/c1-28-18-8-6-14(7-9-18)19(12-21(27)29-2)25-20(26)11-17-13-30-22(24-17)15-4-3-5-16(23)10-15/h3-10,13,19H,11-12H2,1-2H3,(H,25,26). The Bertz CT molecular complexity index is 1020. The molecule has 8 heteroatoms. The van der Waals surface area contributed by atoms with Crippen molar-refractivity contribution in [2.45, 2.75) is 18.9 Å². The van der Waals surface area contributed by atoms with Crippen molar-refractivity contribution in [1.29, 1.82) is 0 Å². The number of methoxy groups -OCH3 is 2. The van der Waals surface area contributed by atoms with Crippen molar-refractivity contribution in [2.75, 3.05) is 14.2 Å². The molecule has 0 aliphatic carbocycles. The summed E-state index contributed by atoms with van der Waals surface area (Å²) in [5.74, 6) is -0.379.